The number of nitrogens with zero attached hydrogens (tertiary/aromatic N) is 3. The van der Waals surface area contributed by atoms with Gasteiger partial charge in [0.25, 0.3) is 5.56 Å². The molecule has 3 aromatic rings. The van der Waals surface area contributed by atoms with Gasteiger partial charge < -0.3 is 15.0 Å². The van der Waals surface area contributed by atoms with Gasteiger partial charge in [0, 0.05) is 31.2 Å². The first-order valence-electron chi connectivity index (χ1n) is 8.75. The van der Waals surface area contributed by atoms with Crippen molar-refractivity contribution in [2.24, 2.45) is 0 Å². The van der Waals surface area contributed by atoms with E-state index in [4.69, 9.17) is 0 Å². The second-order valence-electron chi connectivity index (χ2n) is 6.52. The van der Waals surface area contributed by atoms with Crippen molar-refractivity contribution in [3.05, 3.63) is 63.7 Å². The Bertz CT molecular complexity index is 1040. The molecule has 0 unspecified atom stereocenters. The van der Waals surface area contributed by atoms with E-state index in [0.717, 1.165) is 16.5 Å². The van der Waals surface area contributed by atoms with Gasteiger partial charge in [-0.2, -0.15) is 5.10 Å². The third kappa shape index (κ3) is 3.61. The molecule has 142 valence electrons. The Morgan fingerprint density at radius 2 is 2.07 bits per heavy atom. The first-order chi connectivity index (χ1) is 12.6. The fraction of sp³-hybridized carbons (Fsp3) is 0.316. The van der Waals surface area contributed by atoms with Crippen molar-refractivity contribution in [2.75, 3.05) is 6.54 Å². The Morgan fingerprint density at radius 1 is 1.26 bits per heavy atom. The van der Waals surface area contributed by atoms with Crippen molar-refractivity contribution in [1.82, 2.24) is 19.7 Å². The molecule has 0 bridgehead atoms. The Balaban J connectivity index is 0.00000210. The number of aromatic carboxylic acids is 1. The second-order valence-corrected chi connectivity index (χ2v) is 6.52. The number of carboxylic acid groups (broad SMARTS) is 1. The number of carboxylic acids is 1. The second kappa shape index (κ2) is 7.94. The minimum atomic E-state index is -1.14. The molecule has 0 aliphatic carbocycles. The molecule has 8 heteroatoms. The van der Waals surface area contributed by atoms with E-state index in [2.05, 4.69) is 10.4 Å². The largest absolute Gasteiger partial charge is 0.477 e. The summed E-state index contributed by atoms with van der Waals surface area (Å²) < 4.78 is 3.44. The number of hydrogen-bond donors (Lipinski definition) is 2. The lowest BCUT2D eigenvalue weighted by Gasteiger charge is -2.20. The molecule has 0 atom stereocenters. The van der Waals surface area contributed by atoms with Gasteiger partial charge in [0.15, 0.2) is 0 Å². The van der Waals surface area contributed by atoms with Crippen molar-refractivity contribution >= 4 is 29.3 Å². The molecule has 0 saturated heterocycles. The predicted octanol–water partition coefficient (Wildman–Crippen LogP) is 2.05. The number of aromatic nitrogens is 3. The maximum Gasteiger partial charge on any atom is 0.341 e. The topological polar surface area (TPSA) is 89.2 Å². The number of hydrogen-bond acceptors (Lipinski definition) is 4. The molecule has 7 nitrogen and oxygen atoms in total. The SMILES string of the molecule is Cl.O=C(O)c1c2c(cn(CCCn3ncc4ccccc43)c1=O)CNCC2. The summed E-state index contributed by atoms with van der Waals surface area (Å²) >= 11 is 0. The third-order valence-corrected chi connectivity index (χ3v) is 4.88. The predicted molar refractivity (Wildman–Crippen MR) is 105 cm³/mol. The Labute approximate surface area is 162 Å². The van der Waals surface area contributed by atoms with Crippen LogP contribution < -0.4 is 10.9 Å². The molecule has 0 radical (unpaired) electrons. The zero-order valence-electron chi connectivity index (χ0n) is 14.7. The fourth-order valence-electron chi connectivity index (χ4n) is 3.61. The van der Waals surface area contributed by atoms with Crippen LogP contribution in [0.4, 0.5) is 0 Å². The monoisotopic (exact) mass is 388 g/mol. The highest BCUT2D eigenvalue weighted by Crippen LogP contribution is 2.17. The van der Waals surface area contributed by atoms with Crippen LogP contribution in [-0.4, -0.2) is 32.0 Å². The smallest absolute Gasteiger partial charge is 0.341 e. The van der Waals surface area contributed by atoms with Gasteiger partial charge in [-0.05, 0) is 36.6 Å². The molecular formula is C19H21ClN4O3. The number of rotatable bonds is 5. The Morgan fingerprint density at radius 3 is 2.89 bits per heavy atom. The minimum absolute atomic E-state index is 0. The van der Waals surface area contributed by atoms with Crippen LogP contribution in [-0.2, 0) is 26.1 Å². The molecule has 0 spiro atoms. The molecule has 1 aliphatic rings. The van der Waals surface area contributed by atoms with Gasteiger partial charge in [-0.25, -0.2) is 4.79 Å². The number of carbonyl (C=O) groups is 1. The van der Waals surface area contributed by atoms with E-state index in [1.807, 2.05) is 35.1 Å². The van der Waals surface area contributed by atoms with Gasteiger partial charge in [-0.3, -0.25) is 9.48 Å². The molecule has 0 fully saturated rings. The number of para-hydroxylation sites is 1. The van der Waals surface area contributed by atoms with Crippen LogP contribution in [0.2, 0.25) is 0 Å². The molecule has 1 aliphatic heterocycles. The standard InChI is InChI=1S/C19H20N4O3.ClH/c24-18-17(19(25)26)15-6-7-20-10-14(15)12-22(18)8-3-9-23-16-5-2-1-4-13(16)11-21-23;/h1-2,4-5,11-12,20H,3,6-10H2,(H,25,26);1H. The zero-order valence-corrected chi connectivity index (χ0v) is 15.5. The summed E-state index contributed by atoms with van der Waals surface area (Å²) in [5.41, 5.74) is 2.14. The normalized spacial score (nSPS) is 13.2. The number of aryl methyl sites for hydroxylation is 2. The van der Waals surface area contributed by atoms with Crippen LogP contribution in [0.25, 0.3) is 10.9 Å². The lowest BCUT2D eigenvalue weighted by atomic mass is 9.98. The number of halogens is 1. The van der Waals surface area contributed by atoms with Gasteiger partial charge in [0.05, 0.1) is 11.7 Å². The van der Waals surface area contributed by atoms with Crippen molar-refractivity contribution in [3.63, 3.8) is 0 Å². The average Bonchev–Trinajstić information content (AvgIpc) is 3.05. The molecule has 4 rings (SSSR count). The maximum atomic E-state index is 12.6. The van der Waals surface area contributed by atoms with Gasteiger partial charge in [0.2, 0.25) is 0 Å². The van der Waals surface area contributed by atoms with E-state index in [-0.39, 0.29) is 18.0 Å². The molecule has 2 aromatic heterocycles. The Kier molecular flexibility index (Phi) is 5.62. The van der Waals surface area contributed by atoms with E-state index in [0.29, 0.717) is 44.6 Å². The van der Waals surface area contributed by atoms with E-state index in [1.165, 1.54) is 4.57 Å². The number of nitrogens with one attached hydrogen (secondary N) is 1. The summed E-state index contributed by atoms with van der Waals surface area (Å²) in [6, 6.07) is 7.98. The molecule has 2 N–H and O–H groups in total. The highest BCUT2D eigenvalue weighted by molar-refractivity contribution is 5.89. The minimum Gasteiger partial charge on any atom is -0.477 e. The quantitative estimate of drug-likeness (QED) is 0.698. The first kappa shape index (κ1) is 19.1. The van der Waals surface area contributed by atoms with Gasteiger partial charge in [-0.15, -0.1) is 12.4 Å². The van der Waals surface area contributed by atoms with Gasteiger partial charge >= 0.3 is 5.97 Å². The van der Waals surface area contributed by atoms with Crippen LogP contribution in [0.3, 0.4) is 0 Å². The van der Waals surface area contributed by atoms with Crippen molar-refractivity contribution < 1.29 is 9.90 Å². The summed E-state index contributed by atoms with van der Waals surface area (Å²) in [5.74, 6) is -1.14. The van der Waals surface area contributed by atoms with E-state index in [9.17, 15) is 14.7 Å². The average molecular weight is 389 g/mol. The molecule has 3 heterocycles. The molecule has 1 aromatic carbocycles. The van der Waals surface area contributed by atoms with Crippen molar-refractivity contribution in [3.8, 4) is 0 Å². The van der Waals surface area contributed by atoms with Gasteiger partial charge in [-0.1, -0.05) is 18.2 Å². The lowest BCUT2D eigenvalue weighted by Crippen LogP contribution is -2.34. The molecule has 0 saturated carbocycles. The molecule has 27 heavy (non-hydrogen) atoms. The van der Waals surface area contributed by atoms with Crippen LogP contribution in [0, 0.1) is 0 Å². The third-order valence-electron chi connectivity index (χ3n) is 4.88. The van der Waals surface area contributed by atoms with Crippen molar-refractivity contribution in [1.29, 1.82) is 0 Å². The molecule has 0 amide bonds. The van der Waals surface area contributed by atoms with Gasteiger partial charge in [0.1, 0.15) is 5.56 Å². The summed E-state index contributed by atoms with van der Waals surface area (Å²) in [4.78, 5) is 24.2. The number of fused-ring (bicyclic) bond motifs is 2. The Hall–Kier alpha value is -2.64. The summed E-state index contributed by atoms with van der Waals surface area (Å²) in [6.45, 7) is 2.42. The van der Waals surface area contributed by atoms with E-state index in [1.54, 1.807) is 6.20 Å². The van der Waals surface area contributed by atoms with E-state index < -0.39 is 11.5 Å². The van der Waals surface area contributed by atoms with E-state index >= 15 is 0 Å². The van der Waals surface area contributed by atoms with Crippen LogP contribution in [0.1, 0.15) is 27.9 Å². The highest BCUT2D eigenvalue weighted by atomic mass is 35.5. The molecular weight excluding hydrogens is 368 g/mol. The summed E-state index contributed by atoms with van der Waals surface area (Å²) in [7, 11) is 0. The highest BCUT2D eigenvalue weighted by Gasteiger charge is 2.22. The number of pyridine rings is 1. The van der Waals surface area contributed by atoms with Crippen LogP contribution in [0.5, 0.6) is 0 Å². The van der Waals surface area contributed by atoms with Crippen molar-refractivity contribution in [2.45, 2.75) is 32.5 Å². The van der Waals surface area contributed by atoms with Crippen LogP contribution >= 0.6 is 12.4 Å². The fourth-order valence-corrected chi connectivity index (χ4v) is 3.61. The maximum absolute atomic E-state index is 12.6. The van der Waals surface area contributed by atoms with Crippen LogP contribution in [0.15, 0.2) is 41.5 Å². The zero-order chi connectivity index (χ0) is 18.1. The first-order valence-corrected chi connectivity index (χ1v) is 8.75. The lowest BCUT2D eigenvalue weighted by molar-refractivity contribution is 0.0692. The number of benzene rings is 1. The summed E-state index contributed by atoms with van der Waals surface area (Å²) in [5, 5.41) is 18.2. The summed E-state index contributed by atoms with van der Waals surface area (Å²) in [6.07, 6.45) is 4.90.